The zero-order valence-corrected chi connectivity index (χ0v) is 19.0. The van der Waals surface area contributed by atoms with Crippen LogP contribution >= 0.6 is 0 Å². The van der Waals surface area contributed by atoms with Gasteiger partial charge in [-0.25, -0.2) is 0 Å². The summed E-state index contributed by atoms with van der Waals surface area (Å²) in [6.45, 7) is 6.54. The SMILES string of the molecule is CNC1C2=C(CCC=C2OCC(C)(C)NC(O)c2ccc(CO)cc2)NC(C)C1CO. The minimum atomic E-state index is -0.845. The fourth-order valence-corrected chi connectivity index (χ4v) is 4.43. The van der Waals surface area contributed by atoms with Crippen LogP contribution in [0.15, 0.2) is 47.4 Å². The molecule has 0 saturated heterocycles. The Labute approximate surface area is 185 Å². The molecule has 4 atom stereocenters. The molecular formula is C24H37N3O4. The second-order valence-electron chi connectivity index (χ2n) is 9.16. The Hall–Kier alpha value is -1.90. The van der Waals surface area contributed by atoms with Crippen LogP contribution in [0.25, 0.3) is 0 Å². The van der Waals surface area contributed by atoms with Crippen LogP contribution in [0.3, 0.4) is 0 Å². The van der Waals surface area contributed by atoms with Crippen molar-refractivity contribution in [1.29, 1.82) is 0 Å². The van der Waals surface area contributed by atoms with Gasteiger partial charge in [-0.15, -0.1) is 0 Å². The zero-order valence-electron chi connectivity index (χ0n) is 19.0. The quantitative estimate of drug-likeness (QED) is 0.331. The summed E-state index contributed by atoms with van der Waals surface area (Å²) in [5.74, 6) is 0.902. The van der Waals surface area contributed by atoms with E-state index in [1.54, 1.807) is 12.1 Å². The van der Waals surface area contributed by atoms with Gasteiger partial charge in [0, 0.05) is 41.4 Å². The van der Waals surface area contributed by atoms with E-state index in [2.05, 4.69) is 29.0 Å². The number of benzene rings is 1. The van der Waals surface area contributed by atoms with Gasteiger partial charge in [0.2, 0.25) is 0 Å². The predicted octanol–water partition coefficient (Wildman–Crippen LogP) is 1.67. The second kappa shape index (κ2) is 10.1. The molecule has 4 unspecified atom stereocenters. The summed E-state index contributed by atoms with van der Waals surface area (Å²) in [5.41, 5.74) is 3.33. The van der Waals surface area contributed by atoms with E-state index >= 15 is 0 Å². The van der Waals surface area contributed by atoms with Gasteiger partial charge in [-0.3, -0.25) is 5.32 Å². The highest BCUT2D eigenvalue weighted by Crippen LogP contribution is 2.35. The summed E-state index contributed by atoms with van der Waals surface area (Å²) in [5, 5.41) is 39.9. The van der Waals surface area contributed by atoms with Crippen molar-refractivity contribution in [2.24, 2.45) is 5.92 Å². The molecule has 31 heavy (non-hydrogen) atoms. The maximum absolute atomic E-state index is 10.6. The highest BCUT2D eigenvalue weighted by molar-refractivity contribution is 5.41. The van der Waals surface area contributed by atoms with Crippen LogP contribution in [0, 0.1) is 5.92 Å². The largest absolute Gasteiger partial charge is 0.492 e. The summed E-state index contributed by atoms with van der Waals surface area (Å²) in [6.07, 6.45) is 3.12. The standard InChI is InChI=1S/C24H37N3O4/c1-15-18(13-29)22(25-4)21-19(26-15)6-5-7-20(21)31-14-24(2,3)27-23(30)17-10-8-16(12-28)9-11-17/h7-11,15,18,22-23,25-30H,5-6,12-14H2,1-4H3. The number of ether oxygens (including phenoxy) is 1. The molecule has 1 aromatic rings. The van der Waals surface area contributed by atoms with Crippen molar-refractivity contribution in [1.82, 2.24) is 16.0 Å². The number of likely N-dealkylation sites (N-methyl/N-ethyl adjacent to an activating group) is 1. The average molecular weight is 432 g/mol. The first-order chi connectivity index (χ1) is 14.8. The number of hydrogen-bond donors (Lipinski definition) is 6. The number of aliphatic hydroxyl groups excluding tert-OH is 3. The van der Waals surface area contributed by atoms with Crippen molar-refractivity contribution >= 4 is 0 Å². The molecule has 0 bridgehead atoms. The number of rotatable bonds is 9. The molecule has 7 heteroatoms. The fraction of sp³-hybridized carbons (Fsp3) is 0.583. The Kier molecular flexibility index (Phi) is 7.78. The summed E-state index contributed by atoms with van der Waals surface area (Å²) < 4.78 is 6.29. The van der Waals surface area contributed by atoms with Gasteiger partial charge in [-0.1, -0.05) is 24.3 Å². The highest BCUT2D eigenvalue weighted by atomic mass is 16.5. The molecule has 1 aliphatic carbocycles. The van der Waals surface area contributed by atoms with Crippen LogP contribution < -0.4 is 16.0 Å². The van der Waals surface area contributed by atoms with Crippen LogP contribution in [0.5, 0.6) is 0 Å². The van der Waals surface area contributed by atoms with Crippen LogP contribution in [0.2, 0.25) is 0 Å². The Bertz CT molecular complexity index is 804. The van der Waals surface area contributed by atoms with Gasteiger partial charge in [-0.05, 0) is 57.9 Å². The topological polar surface area (TPSA) is 106 Å². The van der Waals surface area contributed by atoms with E-state index in [0.29, 0.717) is 6.61 Å². The van der Waals surface area contributed by atoms with Gasteiger partial charge in [0.25, 0.3) is 0 Å². The highest BCUT2D eigenvalue weighted by Gasteiger charge is 2.38. The van der Waals surface area contributed by atoms with Crippen molar-refractivity contribution in [2.75, 3.05) is 20.3 Å². The third kappa shape index (κ3) is 5.48. The van der Waals surface area contributed by atoms with Gasteiger partial charge in [0.1, 0.15) is 18.6 Å². The second-order valence-corrected chi connectivity index (χ2v) is 9.16. The molecule has 0 amide bonds. The molecule has 172 valence electrons. The minimum Gasteiger partial charge on any atom is -0.492 e. The minimum absolute atomic E-state index is 0.0194. The van der Waals surface area contributed by atoms with Crippen molar-refractivity contribution in [3.63, 3.8) is 0 Å². The lowest BCUT2D eigenvalue weighted by molar-refractivity contribution is 0.0606. The molecule has 1 aliphatic heterocycles. The van der Waals surface area contributed by atoms with Crippen molar-refractivity contribution in [3.05, 3.63) is 58.5 Å². The molecule has 0 saturated carbocycles. The number of hydrogen-bond acceptors (Lipinski definition) is 7. The van der Waals surface area contributed by atoms with E-state index in [-0.39, 0.29) is 31.2 Å². The zero-order chi connectivity index (χ0) is 22.6. The van der Waals surface area contributed by atoms with E-state index in [0.717, 1.165) is 35.3 Å². The summed E-state index contributed by atoms with van der Waals surface area (Å²) in [7, 11) is 1.92. The van der Waals surface area contributed by atoms with Gasteiger partial charge in [0.15, 0.2) is 0 Å². The lowest BCUT2D eigenvalue weighted by Crippen LogP contribution is -2.53. The Morgan fingerprint density at radius 3 is 2.55 bits per heavy atom. The molecule has 1 aromatic carbocycles. The van der Waals surface area contributed by atoms with E-state index in [9.17, 15) is 15.3 Å². The van der Waals surface area contributed by atoms with E-state index in [4.69, 9.17) is 4.74 Å². The molecule has 0 aromatic heterocycles. The first-order valence-electron chi connectivity index (χ1n) is 11.1. The molecule has 1 heterocycles. The van der Waals surface area contributed by atoms with E-state index in [1.165, 1.54) is 5.70 Å². The third-order valence-corrected chi connectivity index (χ3v) is 6.21. The Morgan fingerprint density at radius 2 is 1.94 bits per heavy atom. The van der Waals surface area contributed by atoms with Gasteiger partial charge >= 0.3 is 0 Å². The Morgan fingerprint density at radius 1 is 1.23 bits per heavy atom. The van der Waals surface area contributed by atoms with Crippen molar-refractivity contribution in [2.45, 2.75) is 64.1 Å². The average Bonchev–Trinajstić information content (AvgIpc) is 2.76. The smallest absolute Gasteiger partial charge is 0.131 e. The number of nitrogens with one attached hydrogen (secondary N) is 3. The van der Waals surface area contributed by atoms with Crippen LogP contribution in [0.4, 0.5) is 0 Å². The molecule has 0 radical (unpaired) electrons. The van der Waals surface area contributed by atoms with E-state index < -0.39 is 11.8 Å². The third-order valence-electron chi connectivity index (χ3n) is 6.21. The van der Waals surface area contributed by atoms with Crippen LogP contribution in [0.1, 0.15) is 51.0 Å². The van der Waals surface area contributed by atoms with Crippen LogP contribution in [-0.4, -0.2) is 53.2 Å². The summed E-state index contributed by atoms with van der Waals surface area (Å²) in [4.78, 5) is 0. The monoisotopic (exact) mass is 431 g/mol. The molecule has 3 rings (SSSR count). The fourth-order valence-electron chi connectivity index (χ4n) is 4.43. The summed E-state index contributed by atoms with van der Waals surface area (Å²) >= 11 is 0. The molecule has 0 fully saturated rings. The van der Waals surface area contributed by atoms with Crippen molar-refractivity contribution < 1.29 is 20.1 Å². The normalized spacial score (nSPS) is 24.9. The van der Waals surface area contributed by atoms with Gasteiger partial charge in [0.05, 0.1) is 6.61 Å². The number of allylic oxidation sites excluding steroid dienone is 2. The van der Waals surface area contributed by atoms with Crippen molar-refractivity contribution in [3.8, 4) is 0 Å². The molecule has 6 N–H and O–H groups in total. The summed E-state index contributed by atoms with van der Waals surface area (Å²) in [6, 6.07) is 7.43. The first-order valence-corrected chi connectivity index (χ1v) is 11.1. The molecule has 7 nitrogen and oxygen atoms in total. The lowest BCUT2D eigenvalue weighted by atomic mass is 9.80. The van der Waals surface area contributed by atoms with Gasteiger partial charge < -0.3 is 30.7 Å². The van der Waals surface area contributed by atoms with Crippen LogP contribution in [-0.2, 0) is 11.3 Å². The van der Waals surface area contributed by atoms with E-state index in [1.807, 2.05) is 33.0 Å². The first kappa shape index (κ1) is 23.8. The molecular weight excluding hydrogens is 394 g/mol. The molecule has 2 aliphatic rings. The lowest BCUT2D eigenvalue weighted by Gasteiger charge is -2.42. The number of aliphatic hydroxyl groups is 3. The molecule has 0 spiro atoms. The van der Waals surface area contributed by atoms with Gasteiger partial charge in [-0.2, -0.15) is 0 Å². The maximum atomic E-state index is 10.6. The maximum Gasteiger partial charge on any atom is 0.131 e. The predicted molar refractivity (Wildman–Crippen MR) is 121 cm³/mol. The Balaban J connectivity index is 1.67.